The number of hydrogen-bond donors (Lipinski definition) is 1. The molecule has 24 heavy (non-hydrogen) atoms. The largest absolute Gasteiger partial charge is 0.467 e. The predicted molar refractivity (Wildman–Crippen MR) is 91.5 cm³/mol. The van der Waals surface area contributed by atoms with E-state index in [1.165, 1.54) is 7.11 Å². The predicted octanol–water partition coefficient (Wildman–Crippen LogP) is 0.547. The van der Waals surface area contributed by atoms with Crippen molar-refractivity contribution in [2.24, 2.45) is 11.7 Å². The number of hydrogen-bond acceptors (Lipinski definition) is 5. The van der Waals surface area contributed by atoms with Crippen LogP contribution in [-0.4, -0.2) is 65.9 Å². The first kappa shape index (κ1) is 20.7. The van der Waals surface area contributed by atoms with Crippen molar-refractivity contribution >= 4 is 30.2 Å². The smallest absolute Gasteiger partial charge is 0.328 e. The normalized spacial score (nSPS) is 27.2. The Morgan fingerprint density at radius 2 is 1.96 bits per heavy atom. The summed E-state index contributed by atoms with van der Waals surface area (Å²) in [5.41, 5.74) is 6.03. The topological polar surface area (TPSA) is 92.9 Å². The summed E-state index contributed by atoms with van der Waals surface area (Å²) in [6.45, 7) is 4.77. The number of nitrogens with two attached hydrogens (primary N) is 1. The lowest BCUT2D eigenvalue weighted by molar-refractivity contribution is -0.154. The molecule has 7 nitrogen and oxygen atoms in total. The van der Waals surface area contributed by atoms with Crippen LogP contribution in [0, 0.1) is 5.92 Å². The number of amides is 2. The molecule has 0 aliphatic carbocycles. The van der Waals surface area contributed by atoms with Gasteiger partial charge in [0.15, 0.2) is 0 Å². The number of nitrogens with zero attached hydrogens (tertiary/aromatic N) is 2. The van der Waals surface area contributed by atoms with Crippen LogP contribution in [-0.2, 0) is 19.1 Å². The molecule has 3 atom stereocenters. The number of carbonyl (C=O) groups is 3. The fourth-order valence-corrected chi connectivity index (χ4v) is 3.48. The summed E-state index contributed by atoms with van der Waals surface area (Å²) in [6.07, 6.45) is 2.47. The molecular formula is C16H28ClN3O4. The maximum Gasteiger partial charge on any atom is 0.328 e. The Bertz CT molecular complexity index is 486. The summed E-state index contributed by atoms with van der Waals surface area (Å²) in [4.78, 5) is 40.2. The van der Waals surface area contributed by atoms with E-state index in [1.807, 2.05) is 13.8 Å². The lowest BCUT2D eigenvalue weighted by atomic mass is 10.1. The fraction of sp³-hybridized carbons (Fsp3) is 0.812. The molecule has 0 spiro atoms. The highest BCUT2D eigenvalue weighted by atomic mass is 35.5. The molecule has 2 aliphatic rings. The Labute approximate surface area is 149 Å². The van der Waals surface area contributed by atoms with Crippen LogP contribution >= 0.6 is 12.4 Å². The second kappa shape index (κ2) is 8.67. The molecule has 2 N–H and O–H groups in total. The maximum atomic E-state index is 12.7. The van der Waals surface area contributed by atoms with Crippen LogP contribution in [0.5, 0.6) is 0 Å². The molecule has 0 aromatic rings. The molecule has 2 rings (SSSR count). The molecule has 0 bridgehead atoms. The number of halogens is 1. The Hall–Kier alpha value is -1.34. The van der Waals surface area contributed by atoms with E-state index in [0.29, 0.717) is 25.8 Å². The van der Waals surface area contributed by atoms with Gasteiger partial charge in [0, 0.05) is 25.6 Å². The minimum Gasteiger partial charge on any atom is -0.467 e. The highest BCUT2D eigenvalue weighted by Gasteiger charge is 2.44. The number of carbonyl (C=O) groups excluding carboxylic acids is 3. The van der Waals surface area contributed by atoms with Crippen molar-refractivity contribution in [3.63, 3.8) is 0 Å². The standard InChI is InChI=1S/C16H27N3O4.ClH/c1-10(2)8-14(20)18-7-6-11-4-5-13(16(22)23-3)19(11)15(21)12(17)9-18;/h10-13H,4-9,17H2,1-3H3;1H/t11-,12+,13+;/m1./s1. The van der Waals surface area contributed by atoms with E-state index >= 15 is 0 Å². The maximum absolute atomic E-state index is 12.7. The fourth-order valence-electron chi connectivity index (χ4n) is 3.48. The molecule has 0 aromatic heterocycles. The van der Waals surface area contributed by atoms with Crippen molar-refractivity contribution in [2.75, 3.05) is 20.2 Å². The van der Waals surface area contributed by atoms with Gasteiger partial charge in [0.05, 0.1) is 7.11 Å². The number of fused-ring (bicyclic) bond motifs is 1. The number of esters is 1. The first-order valence-electron chi connectivity index (χ1n) is 8.28. The van der Waals surface area contributed by atoms with Gasteiger partial charge < -0.3 is 20.3 Å². The van der Waals surface area contributed by atoms with Gasteiger partial charge in [-0.05, 0) is 25.2 Å². The zero-order valence-corrected chi connectivity index (χ0v) is 15.4. The summed E-state index contributed by atoms with van der Waals surface area (Å²) in [7, 11) is 1.33. The molecule has 0 unspecified atom stereocenters. The van der Waals surface area contributed by atoms with Crippen LogP contribution < -0.4 is 5.73 Å². The average Bonchev–Trinajstić information content (AvgIpc) is 2.90. The molecule has 138 valence electrons. The molecule has 0 saturated carbocycles. The van der Waals surface area contributed by atoms with Gasteiger partial charge in [-0.15, -0.1) is 12.4 Å². The second-order valence-electron chi connectivity index (χ2n) is 6.85. The van der Waals surface area contributed by atoms with E-state index < -0.39 is 12.1 Å². The first-order chi connectivity index (χ1) is 10.8. The minimum atomic E-state index is -0.792. The van der Waals surface area contributed by atoms with E-state index in [0.717, 1.165) is 6.42 Å². The van der Waals surface area contributed by atoms with Gasteiger partial charge in [0.25, 0.3) is 0 Å². The van der Waals surface area contributed by atoms with Crippen molar-refractivity contribution in [2.45, 2.75) is 57.7 Å². The van der Waals surface area contributed by atoms with E-state index in [1.54, 1.807) is 9.80 Å². The molecule has 2 amide bonds. The first-order valence-corrected chi connectivity index (χ1v) is 8.28. The molecule has 2 aliphatic heterocycles. The van der Waals surface area contributed by atoms with Crippen LogP contribution in [0.3, 0.4) is 0 Å². The van der Waals surface area contributed by atoms with Crippen LogP contribution in [0.25, 0.3) is 0 Å². The molecule has 0 aromatic carbocycles. The van der Waals surface area contributed by atoms with Gasteiger partial charge in [-0.3, -0.25) is 9.59 Å². The van der Waals surface area contributed by atoms with Gasteiger partial charge >= 0.3 is 5.97 Å². The monoisotopic (exact) mass is 361 g/mol. The molecule has 2 heterocycles. The van der Waals surface area contributed by atoms with E-state index in [9.17, 15) is 14.4 Å². The lowest BCUT2D eigenvalue weighted by Crippen LogP contribution is -2.58. The van der Waals surface area contributed by atoms with Crippen LogP contribution in [0.4, 0.5) is 0 Å². The zero-order valence-electron chi connectivity index (χ0n) is 14.6. The summed E-state index contributed by atoms with van der Waals surface area (Å²) >= 11 is 0. The third kappa shape index (κ3) is 4.39. The Morgan fingerprint density at radius 1 is 1.29 bits per heavy atom. The summed E-state index contributed by atoms with van der Waals surface area (Å²) < 4.78 is 4.80. The third-order valence-electron chi connectivity index (χ3n) is 4.63. The third-order valence-corrected chi connectivity index (χ3v) is 4.63. The number of rotatable bonds is 3. The number of ether oxygens (including phenoxy) is 1. The molecule has 2 saturated heterocycles. The second-order valence-corrected chi connectivity index (χ2v) is 6.85. The minimum absolute atomic E-state index is 0. The van der Waals surface area contributed by atoms with Crippen molar-refractivity contribution < 1.29 is 19.1 Å². The Balaban J connectivity index is 0.00000288. The van der Waals surface area contributed by atoms with Crippen molar-refractivity contribution in [3.8, 4) is 0 Å². The molecule has 8 heteroatoms. The summed E-state index contributed by atoms with van der Waals surface area (Å²) in [5, 5.41) is 0. The van der Waals surface area contributed by atoms with Crippen molar-refractivity contribution in [1.29, 1.82) is 0 Å². The van der Waals surface area contributed by atoms with Crippen LogP contribution in [0.1, 0.15) is 39.5 Å². The van der Waals surface area contributed by atoms with Crippen molar-refractivity contribution in [1.82, 2.24) is 9.80 Å². The van der Waals surface area contributed by atoms with Gasteiger partial charge in [-0.25, -0.2) is 4.79 Å². The van der Waals surface area contributed by atoms with E-state index in [2.05, 4.69) is 0 Å². The lowest BCUT2D eigenvalue weighted by Gasteiger charge is -2.37. The van der Waals surface area contributed by atoms with Crippen LogP contribution in [0.15, 0.2) is 0 Å². The SMILES string of the molecule is COC(=O)[C@@H]1CC[C@@H]2CCN(C(=O)CC(C)C)C[C@H](N)C(=O)N21.Cl. The highest BCUT2D eigenvalue weighted by molar-refractivity contribution is 5.89. The molecular weight excluding hydrogens is 334 g/mol. The van der Waals surface area contributed by atoms with E-state index in [4.69, 9.17) is 10.5 Å². The average molecular weight is 362 g/mol. The summed E-state index contributed by atoms with van der Waals surface area (Å²) in [6, 6.07) is -1.38. The number of methoxy groups -OCH3 is 1. The molecule has 2 fully saturated rings. The van der Waals surface area contributed by atoms with Gasteiger partial charge in [0.2, 0.25) is 11.8 Å². The van der Waals surface area contributed by atoms with Gasteiger partial charge in [-0.1, -0.05) is 13.8 Å². The van der Waals surface area contributed by atoms with Crippen LogP contribution in [0.2, 0.25) is 0 Å². The zero-order chi connectivity index (χ0) is 17.1. The Kier molecular flexibility index (Phi) is 7.48. The summed E-state index contributed by atoms with van der Waals surface area (Å²) in [5.74, 6) is -0.336. The highest BCUT2D eigenvalue weighted by Crippen LogP contribution is 2.29. The van der Waals surface area contributed by atoms with Crippen molar-refractivity contribution in [3.05, 3.63) is 0 Å². The van der Waals surface area contributed by atoms with E-state index in [-0.39, 0.29) is 48.7 Å². The Morgan fingerprint density at radius 3 is 2.54 bits per heavy atom. The quantitative estimate of drug-likeness (QED) is 0.741. The van der Waals surface area contributed by atoms with Gasteiger partial charge in [0.1, 0.15) is 12.1 Å². The molecule has 0 radical (unpaired) electrons. The van der Waals surface area contributed by atoms with Gasteiger partial charge in [-0.2, -0.15) is 0 Å².